The molecule has 13 heavy (non-hydrogen) atoms. The number of hydrogen-bond donors (Lipinski definition) is 2. The zero-order valence-corrected chi connectivity index (χ0v) is 7.17. The van der Waals surface area contributed by atoms with Crippen molar-refractivity contribution in [3.63, 3.8) is 0 Å². The Labute approximate surface area is 75.2 Å². The lowest BCUT2D eigenvalue weighted by Crippen LogP contribution is -2.22. The summed E-state index contributed by atoms with van der Waals surface area (Å²) in [4.78, 5) is 11.2. The highest BCUT2D eigenvalue weighted by Gasteiger charge is 2.10. The van der Waals surface area contributed by atoms with Crippen LogP contribution < -0.4 is 5.32 Å². The van der Waals surface area contributed by atoms with Crippen LogP contribution >= 0.6 is 0 Å². The molecule has 0 spiro atoms. The maximum atomic E-state index is 12.7. The van der Waals surface area contributed by atoms with Crippen molar-refractivity contribution in [3.8, 4) is 5.75 Å². The Balaban J connectivity index is 2.99. The zero-order chi connectivity index (χ0) is 9.84. The van der Waals surface area contributed by atoms with Crippen LogP contribution in [0.1, 0.15) is 17.3 Å². The number of carbonyl (C=O) groups excluding carboxylic acids is 1. The third-order valence-corrected chi connectivity index (χ3v) is 1.54. The molecule has 0 heterocycles. The van der Waals surface area contributed by atoms with Crippen molar-refractivity contribution < 1.29 is 14.3 Å². The number of carbonyl (C=O) groups is 1. The van der Waals surface area contributed by atoms with Crippen molar-refractivity contribution in [1.29, 1.82) is 0 Å². The molecule has 0 aliphatic rings. The van der Waals surface area contributed by atoms with Crippen molar-refractivity contribution >= 4 is 5.91 Å². The van der Waals surface area contributed by atoms with Crippen LogP contribution in [-0.2, 0) is 0 Å². The molecule has 4 heteroatoms. The van der Waals surface area contributed by atoms with Crippen molar-refractivity contribution in [3.05, 3.63) is 29.6 Å². The SMILES string of the molecule is CCNC(=O)c1cc(F)ccc1O. The molecule has 70 valence electrons. The minimum Gasteiger partial charge on any atom is -0.507 e. The summed E-state index contributed by atoms with van der Waals surface area (Å²) in [5.41, 5.74) is -0.0400. The highest BCUT2D eigenvalue weighted by molar-refractivity contribution is 5.96. The van der Waals surface area contributed by atoms with Crippen molar-refractivity contribution in [2.45, 2.75) is 6.92 Å². The van der Waals surface area contributed by atoms with E-state index in [-0.39, 0.29) is 11.3 Å². The second-order valence-corrected chi connectivity index (χ2v) is 2.52. The Kier molecular flexibility index (Phi) is 2.84. The van der Waals surface area contributed by atoms with Gasteiger partial charge in [-0.25, -0.2) is 4.39 Å². The number of rotatable bonds is 2. The fourth-order valence-corrected chi connectivity index (χ4v) is 0.946. The lowest BCUT2D eigenvalue weighted by Gasteiger charge is -2.03. The third kappa shape index (κ3) is 2.18. The average Bonchev–Trinajstić information content (AvgIpc) is 2.09. The van der Waals surface area contributed by atoms with E-state index < -0.39 is 11.7 Å². The molecular formula is C9H10FNO2. The summed E-state index contributed by atoms with van der Waals surface area (Å²) >= 11 is 0. The highest BCUT2D eigenvalue weighted by atomic mass is 19.1. The molecule has 0 aliphatic carbocycles. The smallest absolute Gasteiger partial charge is 0.255 e. The summed E-state index contributed by atoms with van der Waals surface area (Å²) in [5.74, 6) is -1.23. The van der Waals surface area contributed by atoms with Gasteiger partial charge in [-0.3, -0.25) is 4.79 Å². The molecule has 0 aromatic heterocycles. The van der Waals surface area contributed by atoms with Gasteiger partial charge in [-0.2, -0.15) is 0 Å². The second-order valence-electron chi connectivity index (χ2n) is 2.52. The Morgan fingerprint density at radius 2 is 2.31 bits per heavy atom. The van der Waals surface area contributed by atoms with Crippen LogP contribution in [0, 0.1) is 5.82 Å². The summed E-state index contributed by atoms with van der Waals surface area (Å²) < 4.78 is 12.7. The number of phenolic OH excluding ortho intramolecular Hbond substituents is 1. The molecule has 1 aromatic carbocycles. The fraction of sp³-hybridized carbons (Fsp3) is 0.222. The van der Waals surface area contributed by atoms with E-state index in [1.54, 1.807) is 6.92 Å². The molecule has 0 unspecified atom stereocenters. The number of benzene rings is 1. The first kappa shape index (κ1) is 9.51. The minimum absolute atomic E-state index is 0.0400. The van der Waals surface area contributed by atoms with Gasteiger partial charge in [0.05, 0.1) is 5.56 Å². The van der Waals surface area contributed by atoms with E-state index in [0.29, 0.717) is 6.54 Å². The maximum absolute atomic E-state index is 12.7. The quantitative estimate of drug-likeness (QED) is 0.725. The second kappa shape index (κ2) is 3.89. The maximum Gasteiger partial charge on any atom is 0.255 e. The summed E-state index contributed by atoms with van der Waals surface area (Å²) in [6.07, 6.45) is 0. The highest BCUT2D eigenvalue weighted by Crippen LogP contribution is 2.17. The van der Waals surface area contributed by atoms with Gasteiger partial charge in [-0.05, 0) is 25.1 Å². The third-order valence-electron chi connectivity index (χ3n) is 1.54. The number of amides is 1. The summed E-state index contributed by atoms with van der Waals surface area (Å²) in [6.45, 7) is 2.18. The first-order chi connectivity index (χ1) is 6.15. The fourth-order valence-electron chi connectivity index (χ4n) is 0.946. The van der Waals surface area contributed by atoms with E-state index in [4.69, 9.17) is 0 Å². The van der Waals surface area contributed by atoms with Gasteiger partial charge in [0, 0.05) is 6.54 Å². The summed E-state index contributed by atoms with van der Waals surface area (Å²) in [7, 11) is 0. The van der Waals surface area contributed by atoms with E-state index in [2.05, 4.69) is 5.32 Å². The number of hydrogen-bond acceptors (Lipinski definition) is 2. The Morgan fingerprint density at radius 3 is 2.92 bits per heavy atom. The molecule has 2 N–H and O–H groups in total. The lowest BCUT2D eigenvalue weighted by atomic mass is 10.2. The van der Waals surface area contributed by atoms with Crippen LogP contribution in [0.25, 0.3) is 0 Å². The van der Waals surface area contributed by atoms with Gasteiger partial charge >= 0.3 is 0 Å². The molecule has 0 saturated carbocycles. The molecule has 0 saturated heterocycles. The average molecular weight is 183 g/mol. The van der Waals surface area contributed by atoms with E-state index in [9.17, 15) is 14.3 Å². The van der Waals surface area contributed by atoms with Crippen molar-refractivity contribution in [1.82, 2.24) is 5.32 Å². The molecule has 0 bridgehead atoms. The molecule has 3 nitrogen and oxygen atoms in total. The van der Waals surface area contributed by atoms with Crippen LogP contribution in [0.15, 0.2) is 18.2 Å². The number of nitrogens with one attached hydrogen (secondary N) is 1. The van der Waals surface area contributed by atoms with E-state index in [1.807, 2.05) is 0 Å². The van der Waals surface area contributed by atoms with E-state index in [0.717, 1.165) is 18.2 Å². The number of halogens is 1. The zero-order valence-electron chi connectivity index (χ0n) is 7.17. The monoisotopic (exact) mass is 183 g/mol. The molecule has 0 fully saturated rings. The predicted octanol–water partition coefficient (Wildman–Crippen LogP) is 1.28. The van der Waals surface area contributed by atoms with Gasteiger partial charge in [0.15, 0.2) is 0 Å². The van der Waals surface area contributed by atoms with Gasteiger partial charge in [-0.1, -0.05) is 0 Å². The van der Waals surface area contributed by atoms with Gasteiger partial charge in [0.25, 0.3) is 5.91 Å². The molecule has 0 radical (unpaired) electrons. The van der Waals surface area contributed by atoms with Crippen LogP contribution in [0.2, 0.25) is 0 Å². The van der Waals surface area contributed by atoms with Crippen LogP contribution in [0.5, 0.6) is 5.75 Å². The first-order valence-corrected chi connectivity index (χ1v) is 3.92. The Hall–Kier alpha value is -1.58. The van der Waals surface area contributed by atoms with Crippen LogP contribution in [-0.4, -0.2) is 17.6 Å². The standard InChI is InChI=1S/C9H10FNO2/c1-2-11-9(13)7-5-6(10)3-4-8(7)12/h3-5,12H,2H2,1H3,(H,11,13). The molecule has 1 amide bonds. The predicted molar refractivity (Wildman–Crippen MR) is 46.1 cm³/mol. The van der Waals surface area contributed by atoms with Gasteiger partial charge in [-0.15, -0.1) is 0 Å². The molecule has 0 atom stereocenters. The Morgan fingerprint density at radius 1 is 1.62 bits per heavy atom. The minimum atomic E-state index is -0.543. The lowest BCUT2D eigenvalue weighted by molar-refractivity contribution is 0.0952. The summed E-state index contributed by atoms with van der Waals surface area (Å²) in [5, 5.41) is 11.7. The largest absolute Gasteiger partial charge is 0.507 e. The van der Waals surface area contributed by atoms with Gasteiger partial charge in [0.1, 0.15) is 11.6 Å². The molecule has 1 aromatic rings. The van der Waals surface area contributed by atoms with Gasteiger partial charge in [0.2, 0.25) is 0 Å². The Bertz CT molecular complexity index is 325. The molecular weight excluding hydrogens is 173 g/mol. The summed E-state index contributed by atoms with van der Waals surface area (Å²) in [6, 6.07) is 3.25. The van der Waals surface area contributed by atoms with E-state index >= 15 is 0 Å². The number of phenols is 1. The number of aromatic hydroxyl groups is 1. The van der Waals surface area contributed by atoms with Crippen LogP contribution in [0.4, 0.5) is 4.39 Å². The molecule has 0 aliphatic heterocycles. The molecule has 1 rings (SSSR count). The van der Waals surface area contributed by atoms with E-state index in [1.165, 1.54) is 0 Å². The van der Waals surface area contributed by atoms with Crippen molar-refractivity contribution in [2.75, 3.05) is 6.54 Å². The van der Waals surface area contributed by atoms with Gasteiger partial charge < -0.3 is 10.4 Å². The normalized spacial score (nSPS) is 9.69. The topological polar surface area (TPSA) is 49.3 Å². The first-order valence-electron chi connectivity index (χ1n) is 3.92. The van der Waals surface area contributed by atoms with Crippen molar-refractivity contribution in [2.24, 2.45) is 0 Å². The van der Waals surface area contributed by atoms with Crippen LogP contribution in [0.3, 0.4) is 0 Å².